The summed E-state index contributed by atoms with van der Waals surface area (Å²) in [5.74, 6) is 0.854. The number of nitrogens with zero attached hydrogens (tertiary/aromatic N) is 3. The molecule has 0 aliphatic heterocycles. The van der Waals surface area contributed by atoms with E-state index in [1.807, 2.05) is 55.5 Å². The van der Waals surface area contributed by atoms with Crippen LogP contribution in [0.2, 0.25) is 0 Å². The Balaban J connectivity index is 1.87. The minimum Gasteiger partial charge on any atom is -0.497 e. The highest BCUT2D eigenvalue weighted by atomic mass is 16.5. The van der Waals surface area contributed by atoms with Gasteiger partial charge in [0.2, 0.25) is 0 Å². The van der Waals surface area contributed by atoms with Crippen LogP contribution in [-0.2, 0) is 0 Å². The van der Waals surface area contributed by atoms with Crippen molar-refractivity contribution >= 4 is 5.78 Å². The lowest BCUT2D eigenvalue weighted by molar-refractivity contribution is 0.0967. The van der Waals surface area contributed by atoms with Gasteiger partial charge in [-0.3, -0.25) is 4.79 Å². The summed E-state index contributed by atoms with van der Waals surface area (Å²) < 4.78 is 6.92. The van der Waals surface area contributed by atoms with Gasteiger partial charge in [0.05, 0.1) is 13.2 Å². The lowest BCUT2D eigenvalue weighted by Crippen LogP contribution is -2.16. The van der Waals surface area contributed by atoms with Crippen LogP contribution in [0.3, 0.4) is 0 Å². The van der Waals surface area contributed by atoms with E-state index in [-0.39, 0.29) is 11.8 Å². The number of hydrogen-bond donors (Lipinski definition) is 0. The Morgan fingerprint density at radius 3 is 2.42 bits per heavy atom. The van der Waals surface area contributed by atoms with Gasteiger partial charge in [-0.15, -0.1) is 0 Å². The van der Waals surface area contributed by atoms with Gasteiger partial charge in [0.1, 0.15) is 18.4 Å². The van der Waals surface area contributed by atoms with Crippen molar-refractivity contribution < 1.29 is 9.53 Å². The molecular formula is C19H19N3O2. The maximum atomic E-state index is 12.7. The molecule has 0 amide bonds. The summed E-state index contributed by atoms with van der Waals surface area (Å²) in [6, 6.07) is 15.1. The van der Waals surface area contributed by atoms with E-state index in [0.29, 0.717) is 12.0 Å². The highest BCUT2D eigenvalue weighted by molar-refractivity contribution is 5.96. The molecule has 122 valence electrons. The van der Waals surface area contributed by atoms with Crippen molar-refractivity contribution in [2.45, 2.75) is 19.4 Å². The molecule has 0 aliphatic carbocycles. The SMILES string of the molecule is COc1ccc(C(CC(=O)c2ccc(C)cc2)n2cncn2)cc1. The number of hydrogen-bond acceptors (Lipinski definition) is 4. The summed E-state index contributed by atoms with van der Waals surface area (Å²) >= 11 is 0. The van der Waals surface area contributed by atoms with Crippen LogP contribution in [0.25, 0.3) is 0 Å². The summed E-state index contributed by atoms with van der Waals surface area (Å²) in [5, 5.41) is 4.22. The normalized spacial score (nSPS) is 11.9. The summed E-state index contributed by atoms with van der Waals surface area (Å²) in [5.41, 5.74) is 2.83. The topological polar surface area (TPSA) is 57.0 Å². The molecule has 0 fully saturated rings. The van der Waals surface area contributed by atoms with Crippen molar-refractivity contribution in [2.75, 3.05) is 7.11 Å². The number of methoxy groups -OCH3 is 1. The standard InChI is InChI=1S/C19H19N3O2/c1-14-3-5-16(6-4-14)19(23)11-18(22-13-20-12-21-22)15-7-9-17(24-2)10-8-15/h3-10,12-13,18H,11H2,1-2H3. The van der Waals surface area contributed by atoms with E-state index in [1.165, 1.54) is 6.33 Å². The summed E-state index contributed by atoms with van der Waals surface area (Å²) in [6.45, 7) is 2.00. The maximum Gasteiger partial charge on any atom is 0.165 e. The molecule has 3 rings (SSSR count). The van der Waals surface area contributed by atoms with E-state index in [1.54, 1.807) is 18.1 Å². The van der Waals surface area contributed by atoms with Gasteiger partial charge in [-0.25, -0.2) is 9.67 Å². The second kappa shape index (κ2) is 7.08. The molecule has 1 heterocycles. The zero-order chi connectivity index (χ0) is 16.9. The number of aryl methyl sites for hydroxylation is 1. The summed E-state index contributed by atoms with van der Waals surface area (Å²) in [7, 11) is 1.63. The maximum absolute atomic E-state index is 12.7. The lowest BCUT2D eigenvalue weighted by Gasteiger charge is -2.17. The molecule has 24 heavy (non-hydrogen) atoms. The van der Waals surface area contributed by atoms with Gasteiger partial charge in [0.15, 0.2) is 5.78 Å². The molecule has 0 saturated carbocycles. The first-order valence-corrected chi connectivity index (χ1v) is 7.75. The van der Waals surface area contributed by atoms with Crippen molar-refractivity contribution in [3.05, 3.63) is 77.9 Å². The smallest absolute Gasteiger partial charge is 0.165 e. The van der Waals surface area contributed by atoms with Crippen molar-refractivity contribution in [3.63, 3.8) is 0 Å². The van der Waals surface area contributed by atoms with Crippen molar-refractivity contribution in [2.24, 2.45) is 0 Å². The number of aromatic nitrogens is 3. The van der Waals surface area contributed by atoms with Gasteiger partial charge in [-0.2, -0.15) is 5.10 Å². The fourth-order valence-electron chi connectivity index (χ4n) is 2.60. The van der Waals surface area contributed by atoms with E-state index < -0.39 is 0 Å². The summed E-state index contributed by atoms with van der Waals surface area (Å²) in [4.78, 5) is 16.7. The van der Waals surface area contributed by atoms with Gasteiger partial charge in [-0.05, 0) is 24.6 Å². The number of benzene rings is 2. The van der Waals surface area contributed by atoms with Crippen LogP contribution in [0.4, 0.5) is 0 Å². The number of rotatable bonds is 6. The van der Waals surface area contributed by atoms with Crippen LogP contribution in [0, 0.1) is 6.92 Å². The molecule has 3 aromatic rings. The first-order valence-electron chi connectivity index (χ1n) is 7.75. The minimum atomic E-state index is -0.202. The highest BCUT2D eigenvalue weighted by Crippen LogP contribution is 2.25. The molecule has 1 unspecified atom stereocenters. The van der Waals surface area contributed by atoms with Crippen LogP contribution in [0.1, 0.15) is 33.9 Å². The Labute approximate surface area is 140 Å². The molecule has 0 radical (unpaired) electrons. The molecule has 1 atom stereocenters. The van der Waals surface area contributed by atoms with Gasteiger partial charge >= 0.3 is 0 Å². The van der Waals surface area contributed by atoms with Crippen molar-refractivity contribution in [1.29, 1.82) is 0 Å². The summed E-state index contributed by atoms with van der Waals surface area (Å²) in [6.07, 6.45) is 3.43. The zero-order valence-corrected chi connectivity index (χ0v) is 13.7. The molecule has 5 nitrogen and oxygen atoms in total. The Morgan fingerprint density at radius 2 is 1.83 bits per heavy atom. The molecule has 2 aromatic carbocycles. The third-order valence-electron chi connectivity index (χ3n) is 4.01. The molecule has 0 N–H and O–H groups in total. The third kappa shape index (κ3) is 3.51. The molecule has 0 spiro atoms. The molecule has 5 heteroatoms. The number of carbonyl (C=O) groups excluding carboxylic acids is 1. The van der Waals surface area contributed by atoms with Crippen LogP contribution in [0.5, 0.6) is 5.75 Å². The zero-order valence-electron chi connectivity index (χ0n) is 13.7. The first kappa shape index (κ1) is 15.9. The fourth-order valence-corrected chi connectivity index (χ4v) is 2.60. The molecule has 1 aromatic heterocycles. The number of carbonyl (C=O) groups is 1. The van der Waals surface area contributed by atoms with Crippen molar-refractivity contribution in [3.8, 4) is 5.75 Å². The second-order valence-corrected chi connectivity index (χ2v) is 5.66. The lowest BCUT2D eigenvalue weighted by atomic mass is 9.97. The minimum absolute atomic E-state index is 0.0753. The number of ether oxygens (including phenoxy) is 1. The quantitative estimate of drug-likeness (QED) is 0.652. The first-order chi connectivity index (χ1) is 11.7. The second-order valence-electron chi connectivity index (χ2n) is 5.66. The van der Waals surface area contributed by atoms with Gasteiger partial charge in [0, 0.05) is 12.0 Å². The van der Waals surface area contributed by atoms with Crippen LogP contribution < -0.4 is 4.74 Å². The Bertz CT molecular complexity index is 794. The average molecular weight is 321 g/mol. The predicted octanol–water partition coefficient (Wildman–Crippen LogP) is 3.46. The highest BCUT2D eigenvalue weighted by Gasteiger charge is 2.20. The number of ketones is 1. The predicted molar refractivity (Wildman–Crippen MR) is 91.3 cm³/mol. The van der Waals surface area contributed by atoms with E-state index in [9.17, 15) is 4.79 Å². The molecule has 0 bridgehead atoms. The van der Waals surface area contributed by atoms with Crippen LogP contribution in [-0.4, -0.2) is 27.7 Å². The fraction of sp³-hybridized carbons (Fsp3) is 0.211. The Hall–Kier alpha value is -2.95. The van der Waals surface area contributed by atoms with Gasteiger partial charge in [-0.1, -0.05) is 42.0 Å². The average Bonchev–Trinajstić information content (AvgIpc) is 3.14. The Kier molecular flexibility index (Phi) is 4.70. The van der Waals surface area contributed by atoms with Gasteiger partial charge < -0.3 is 4.74 Å². The Morgan fingerprint density at radius 1 is 1.12 bits per heavy atom. The van der Waals surface area contributed by atoms with Gasteiger partial charge in [0.25, 0.3) is 0 Å². The largest absolute Gasteiger partial charge is 0.497 e. The van der Waals surface area contributed by atoms with Crippen LogP contribution in [0.15, 0.2) is 61.2 Å². The van der Waals surface area contributed by atoms with E-state index in [0.717, 1.165) is 16.9 Å². The molecule has 0 aliphatic rings. The van der Waals surface area contributed by atoms with Crippen molar-refractivity contribution in [1.82, 2.24) is 14.8 Å². The van der Waals surface area contributed by atoms with E-state index >= 15 is 0 Å². The number of Topliss-reactive ketones (excluding diaryl/α,β-unsaturated/α-hetero) is 1. The molecular weight excluding hydrogens is 302 g/mol. The van der Waals surface area contributed by atoms with E-state index in [4.69, 9.17) is 4.74 Å². The van der Waals surface area contributed by atoms with E-state index in [2.05, 4.69) is 10.1 Å². The third-order valence-corrected chi connectivity index (χ3v) is 4.01. The van der Waals surface area contributed by atoms with Crippen LogP contribution >= 0.6 is 0 Å². The monoisotopic (exact) mass is 321 g/mol. The molecule has 0 saturated heterocycles.